The van der Waals surface area contributed by atoms with Gasteiger partial charge in [0.15, 0.2) is 11.5 Å². The normalized spacial score (nSPS) is 14.4. The molecular weight excluding hydrogens is 442 g/mol. The Morgan fingerprint density at radius 3 is 2.34 bits per heavy atom. The smallest absolute Gasteiger partial charge is 0.248 e. The highest BCUT2D eigenvalue weighted by Gasteiger charge is 2.18. The summed E-state index contributed by atoms with van der Waals surface area (Å²) in [6.07, 6.45) is 5.59. The van der Waals surface area contributed by atoms with Crippen LogP contribution in [0.3, 0.4) is 0 Å². The number of pyridine rings is 1. The van der Waals surface area contributed by atoms with Crippen molar-refractivity contribution in [3.63, 3.8) is 0 Å². The molecule has 1 N–H and O–H groups in total. The van der Waals surface area contributed by atoms with Crippen molar-refractivity contribution < 1.29 is 19.0 Å². The second kappa shape index (κ2) is 10.7. The molecule has 2 heterocycles. The summed E-state index contributed by atoms with van der Waals surface area (Å²) in [5, 5.41) is 3.98. The zero-order valence-corrected chi connectivity index (χ0v) is 21.1. The van der Waals surface area contributed by atoms with Crippen LogP contribution in [0.1, 0.15) is 30.9 Å². The first kappa shape index (κ1) is 24.4. The van der Waals surface area contributed by atoms with Gasteiger partial charge in [0.05, 0.1) is 26.8 Å². The van der Waals surface area contributed by atoms with Crippen molar-refractivity contribution in [2.45, 2.75) is 26.7 Å². The first-order valence-corrected chi connectivity index (χ1v) is 11.9. The molecule has 1 aliphatic rings. The number of benzene rings is 2. The monoisotopic (exact) mass is 475 g/mol. The average molecular weight is 476 g/mol. The van der Waals surface area contributed by atoms with E-state index in [0.717, 1.165) is 52.5 Å². The molecule has 0 bridgehead atoms. The Labute approximate surface area is 206 Å². The van der Waals surface area contributed by atoms with Crippen LogP contribution in [0.25, 0.3) is 17.0 Å². The van der Waals surface area contributed by atoms with E-state index < -0.39 is 0 Å². The number of ether oxygens (including phenoxy) is 3. The fourth-order valence-corrected chi connectivity index (χ4v) is 4.41. The number of piperidine rings is 1. The van der Waals surface area contributed by atoms with Crippen LogP contribution in [0.15, 0.2) is 42.5 Å². The number of methoxy groups -OCH3 is 3. The van der Waals surface area contributed by atoms with Crippen molar-refractivity contribution in [1.29, 1.82) is 0 Å². The molecule has 7 heteroatoms. The first-order valence-electron chi connectivity index (χ1n) is 11.9. The quantitative estimate of drug-likeness (QED) is 0.458. The molecule has 1 aliphatic heterocycles. The second-order valence-corrected chi connectivity index (χ2v) is 8.98. The highest BCUT2D eigenvalue weighted by Crippen LogP contribution is 2.38. The summed E-state index contributed by atoms with van der Waals surface area (Å²) in [5.41, 5.74) is 3.56. The molecule has 0 unspecified atom stereocenters. The van der Waals surface area contributed by atoms with E-state index in [9.17, 15) is 4.79 Å². The van der Waals surface area contributed by atoms with E-state index in [0.29, 0.717) is 17.2 Å². The van der Waals surface area contributed by atoms with Gasteiger partial charge in [-0.25, -0.2) is 4.98 Å². The van der Waals surface area contributed by atoms with Gasteiger partial charge >= 0.3 is 0 Å². The van der Waals surface area contributed by atoms with E-state index >= 15 is 0 Å². The lowest BCUT2D eigenvalue weighted by Gasteiger charge is -2.31. The van der Waals surface area contributed by atoms with Crippen molar-refractivity contribution in [2.24, 2.45) is 5.92 Å². The summed E-state index contributed by atoms with van der Waals surface area (Å²) in [4.78, 5) is 19.9. The summed E-state index contributed by atoms with van der Waals surface area (Å²) in [6, 6.07) is 11.6. The van der Waals surface area contributed by atoms with Gasteiger partial charge in [-0.15, -0.1) is 0 Å². The van der Waals surface area contributed by atoms with E-state index in [2.05, 4.69) is 30.1 Å². The zero-order chi connectivity index (χ0) is 24.9. The molecule has 0 saturated carbocycles. The zero-order valence-electron chi connectivity index (χ0n) is 21.1. The lowest BCUT2D eigenvalue weighted by molar-refractivity contribution is -0.111. The largest absolute Gasteiger partial charge is 0.493 e. The topological polar surface area (TPSA) is 72.9 Å². The van der Waals surface area contributed by atoms with Crippen LogP contribution < -0.4 is 24.4 Å². The predicted molar refractivity (Wildman–Crippen MR) is 141 cm³/mol. The molecule has 0 atom stereocenters. The van der Waals surface area contributed by atoms with E-state index in [-0.39, 0.29) is 5.91 Å². The summed E-state index contributed by atoms with van der Waals surface area (Å²) in [5.74, 6) is 3.15. The molecule has 1 amide bonds. The summed E-state index contributed by atoms with van der Waals surface area (Å²) < 4.78 is 16.1. The number of anilines is 2. The average Bonchev–Trinajstić information content (AvgIpc) is 2.87. The van der Waals surface area contributed by atoms with Gasteiger partial charge < -0.3 is 24.4 Å². The minimum absolute atomic E-state index is 0.234. The van der Waals surface area contributed by atoms with Crippen LogP contribution in [0.4, 0.5) is 11.5 Å². The molecule has 3 aromatic rings. The summed E-state index contributed by atoms with van der Waals surface area (Å²) in [7, 11) is 4.67. The van der Waals surface area contributed by atoms with E-state index in [1.807, 2.05) is 18.2 Å². The molecule has 1 fully saturated rings. The number of fused-ring (bicyclic) bond motifs is 1. The van der Waals surface area contributed by atoms with E-state index in [4.69, 9.17) is 19.2 Å². The Balaban J connectivity index is 1.49. The van der Waals surface area contributed by atoms with Gasteiger partial charge in [0, 0.05) is 30.2 Å². The Bertz CT molecular complexity index is 1220. The van der Waals surface area contributed by atoms with Gasteiger partial charge in [0.1, 0.15) is 5.82 Å². The Morgan fingerprint density at radius 1 is 1.03 bits per heavy atom. The van der Waals surface area contributed by atoms with Gasteiger partial charge in [-0.2, -0.15) is 0 Å². The molecular formula is C28H33N3O4. The number of rotatable bonds is 7. The number of carbonyl (C=O) groups excluding carboxylic acids is 1. The third-order valence-corrected chi connectivity index (χ3v) is 6.49. The number of nitrogens with one attached hydrogen (secondary N) is 1. The van der Waals surface area contributed by atoms with Gasteiger partial charge in [0.25, 0.3) is 0 Å². The summed E-state index contributed by atoms with van der Waals surface area (Å²) >= 11 is 0. The van der Waals surface area contributed by atoms with Crippen LogP contribution in [-0.4, -0.2) is 45.3 Å². The van der Waals surface area contributed by atoms with Gasteiger partial charge in [-0.3, -0.25) is 4.79 Å². The second-order valence-electron chi connectivity index (χ2n) is 8.98. The lowest BCUT2D eigenvalue weighted by Crippen LogP contribution is -2.33. The SMILES string of the molecule is COc1cc(/C=C/C(=O)Nc2ccc3nc(N4CCC(C)CC4)cc(C)c3c2)cc(OC)c1OC. The number of nitrogens with zero attached hydrogens (tertiary/aromatic N) is 2. The Kier molecular flexibility index (Phi) is 7.44. The molecule has 35 heavy (non-hydrogen) atoms. The van der Waals surface area contributed by atoms with Crippen LogP contribution in [0, 0.1) is 12.8 Å². The standard InChI is InChI=1S/C28H33N3O4/c1-18-10-12-31(13-11-18)26-14-19(2)22-17-21(7-8-23(22)30-26)29-27(32)9-6-20-15-24(33-3)28(35-5)25(16-20)34-4/h6-9,14-18H,10-13H2,1-5H3,(H,29,32)/b9-6+. The van der Waals surface area contributed by atoms with E-state index in [1.54, 1.807) is 39.5 Å². The number of amides is 1. The molecule has 184 valence electrons. The Morgan fingerprint density at radius 2 is 1.71 bits per heavy atom. The molecule has 0 spiro atoms. The number of aromatic nitrogens is 1. The number of aryl methyl sites for hydroxylation is 1. The molecule has 7 nitrogen and oxygen atoms in total. The van der Waals surface area contributed by atoms with Crippen molar-refractivity contribution in [1.82, 2.24) is 4.98 Å². The molecule has 1 aromatic heterocycles. The third kappa shape index (κ3) is 5.50. The van der Waals surface area contributed by atoms with Crippen LogP contribution in [0.5, 0.6) is 17.2 Å². The van der Waals surface area contributed by atoms with Crippen molar-refractivity contribution >= 4 is 34.4 Å². The lowest BCUT2D eigenvalue weighted by atomic mass is 9.99. The number of hydrogen-bond donors (Lipinski definition) is 1. The minimum atomic E-state index is -0.234. The maximum atomic E-state index is 12.6. The van der Waals surface area contributed by atoms with Crippen molar-refractivity contribution in [2.75, 3.05) is 44.6 Å². The fourth-order valence-electron chi connectivity index (χ4n) is 4.41. The number of hydrogen-bond acceptors (Lipinski definition) is 6. The highest BCUT2D eigenvalue weighted by molar-refractivity contribution is 6.03. The summed E-state index contributed by atoms with van der Waals surface area (Å²) in [6.45, 7) is 6.50. The molecule has 0 radical (unpaired) electrons. The molecule has 0 aliphatic carbocycles. The van der Waals surface area contributed by atoms with Crippen LogP contribution in [0.2, 0.25) is 0 Å². The maximum Gasteiger partial charge on any atom is 0.248 e. The van der Waals surface area contributed by atoms with Crippen LogP contribution >= 0.6 is 0 Å². The Hall–Kier alpha value is -3.74. The van der Waals surface area contributed by atoms with Gasteiger partial charge in [-0.1, -0.05) is 6.92 Å². The van der Waals surface area contributed by atoms with E-state index in [1.165, 1.54) is 18.9 Å². The van der Waals surface area contributed by atoms with Crippen molar-refractivity contribution in [3.8, 4) is 17.2 Å². The maximum absolute atomic E-state index is 12.6. The van der Waals surface area contributed by atoms with Gasteiger partial charge in [0.2, 0.25) is 11.7 Å². The minimum Gasteiger partial charge on any atom is -0.493 e. The fraction of sp³-hybridized carbons (Fsp3) is 0.357. The number of carbonyl (C=O) groups is 1. The molecule has 4 rings (SSSR count). The first-order chi connectivity index (χ1) is 16.9. The molecule has 1 saturated heterocycles. The third-order valence-electron chi connectivity index (χ3n) is 6.49. The highest BCUT2D eigenvalue weighted by atomic mass is 16.5. The predicted octanol–water partition coefficient (Wildman–Crippen LogP) is 5.46. The molecule has 2 aromatic carbocycles. The van der Waals surface area contributed by atoms with Crippen molar-refractivity contribution in [3.05, 3.63) is 53.6 Å². The van der Waals surface area contributed by atoms with Gasteiger partial charge in [-0.05, 0) is 79.3 Å². The van der Waals surface area contributed by atoms with Crippen LogP contribution in [-0.2, 0) is 4.79 Å².